The number of carbonyl (C=O) groups excluding carboxylic acids is 1. The van der Waals surface area contributed by atoms with Crippen molar-refractivity contribution >= 4 is 27.8 Å². The molecule has 0 saturated carbocycles. The van der Waals surface area contributed by atoms with Gasteiger partial charge < -0.3 is 19.5 Å². The maximum absolute atomic E-state index is 12.8. The molecular weight excluding hydrogens is 380 g/mol. The zero-order valence-corrected chi connectivity index (χ0v) is 17.5. The zero-order chi connectivity index (χ0) is 21.4. The first-order chi connectivity index (χ1) is 14.4. The fourth-order valence-electron chi connectivity index (χ4n) is 4.01. The van der Waals surface area contributed by atoms with E-state index in [0.29, 0.717) is 35.2 Å². The van der Waals surface area contributed by atoms with Gasteiger partial charge in [0.2, 0.25) is 0 Å². The lowest BCUT2D eigenvalue weighted by Crippen LogP contribution is -2.27. The number of hydrogen-bond acceptors (Lipinski definition) is 4. The van der Waals surface area contributed by atoms with Crippen LogP contribution in [-0.2, 0) is 6.42 Å². The summed E-state index contributed by atoms with van der Waals surface area (Å²) in [7, 11) is 1.53. The molecule has 0 aliphatic carbocycles. The standard InChI is InChI=1S/C24H24N2O4/c1-13-9-14(2)23-19(10-13)17(15(3)26-23)7-8-25-24(28)20-12-22(27)30-21-11-16(29-4)5-6-18(20)21/h5-6,9-12,26H,7-8H2,1-4H3,(H,25,28). The van der Waals surface area contributed by atoms with E-state index in [2.05, 4.69) is 43.2 Å². The average molecular weight is 404 g/mol. The predicted octanol–water partition coefficient (Wildman–Crippen LogP) is 4.18. The number of H-pyrrole nitrogens is 1. The van der Waals surface area contributed by atoms with Crippen molar-refractivity contribution in [1.29, 1.82) is 0 Å². The van der Waals surface area contributed by atoms with Gasteiger partial charge in [0.05, 0.1) is 12.7 Å². The summed E-state index contributed by atoms with van der Waals surface area (Å²) >= 11 is 0. The second kappa shape index (κ2) is 7.71. The molecule has 2 N–H and O–H groups in total. The molecular formula is C24H24N2O4. The number of carbonyl (C=O) groups is 1. The van der Waals surface area contributed by atoms with E-state index in [4.69, 9.17) is 9.15 Å². The Morgan fingerprint density at radius 3 is 2.67 bits per heavy atom. The molecule has 0 spiro atoms. The van der Waals surface area contributed by atoms with Crippen molar-refractivity contribution in [3.63, 3.8) is 0 Å². The Morgan fingerprint density at radius 2 is 1.90 bits per heavy atom. The van der Waals surface area contributed by atoms with Crippen LogP contribution in [0.5, 0.6) is 5.75 Å². The molecule has 0 aliphatic heterocycles. The first-order valence-corrected chi connectivity index (χ1v) is 9.86. The van der Waals surface area contributed by atoms with Crippen molar-refractivity contribution < 1.29 is 13.9 Å². The number of aromatic nitrogens is 1. The molecule has 154 valence electrons. The fraction of sp³-hybridized carbons (Fsp3) is 0.250. The average Bonchev–Trinajstić information content (AvgIpc) is 3.02. The van der Waals surface area contributed by atoms with Crippen LogP contribution in [-0.4, -0.2) is 24.5 Å². The number of hydrogen-bond donors (Lipinski definition) is 2. The van der Waals surface area contributed by atoms with E-state index < -0.39 is 5.63 Å². The largest absolute Gasteiger partial charge is 0.497 e. The Balaban J connectivity index is 1.57. The molecule has 1 amide bonds. The van der Waals surface area contributed by atoms with E-state index in [-0.39, 0.29) is 5.91 Å². The van der Waals surface area contributed by atoms with Gasteiger partial charge in [0.25, 0.3) is 5.91 Å². The number of benzene rings is 2. The summed E-state index contributed by atoms with van der Waals surface area (Å²) in [5.41, 5.74) is 5.91. The number of rotatable bonds is 5. The van der Waals surface area contributed by atoms with Gasteiger partial charge >= 0.3 is 5.63 Å². The highest BCUT2D eigenvalue weighted by Gasteiger charge is 2.15. The molecule has 4 aromatic rings. The van der Waals surface area contributed by atoms with Gasteiger partial charge in [0.1, 0.15) is 11.3 Å². The minimum Gasteiger partial charge on any atom is -0.497 e. The molecule has 0 aliphatic rings. The Labute approximate surface area is 173 Å². The smallest absolute Gasteiger partial charge is 0.337 e. The van der Waals surface area contributed by atoms with Crippen molar-refractivity contribution in [1.82, 2.24) is 10.3 Å². The van der Waals surface area contributed by atoms with E-state index in [9.17, 15) is 9.59 Å². The normalized spacial score (nSPS) is 11.2. The van der Waals surface area contributed by atoms with E-state index in [0.717, 1.165) is 11.2 Å². The Kier molecular flexibility index (Phi) is 5.08. The topological polar surface area (TPSA) is 84.3 Å². The molecule has 2 aromatic carbocycles. The van der Waals surface area contributed by atoms with Crippen LogP contribution in [0.3, 0.4) is 0 Å². The van der Waals surface area contributed by atoms with Crippen molar-refractivity contribution in [3.05, 3.63) is 74.8 Å². The monoisotopic (exact) mass is 404 g/mol. The predicted molar refractivity (Wildman–Crippen MR) is 118 cm³/mol. The third-order valence-electron chi connectivity index (χ3n) is 5.43. The summed E-state index contributed by atoms with van der Waals surface area (Å²) in [5.74, 6) is 0.256. The Hall–Kier alpha value is -3.54. The molecule has 0 unspecified atom stereocenters. The van der Waals surface area contributed by atoms with Crippen LogP contribution >= 0.6 is 0 Å². The van der Waals surface area contributed by atoms with Crippen LogP contribution in [0.25, 0.3) is 21.9 Å². The first-order valence-electron chi connectivity index (χ1n) is 9.86. The van der Waals surface area contributed by atoms with Gasteiger partial charge in [-0.2, -0.15) is 0 Å². The lowest BCUT2D eigenvalue weighted by molar-refractivity contribution is 0.0955. The van der Waals surface area contributed by atoms with Crippen molar-refractivity contribution in [2.45, 2.75) is 27.2 Å². The summed E-state index contributed by atoms with van der Waals surface area (Å²) in [6.45, 7) is 6.69. The van der Waals surface area contributed by atoms with Gasteiger partial charge in [0, 0.05) is 40.7 Å². The van der Waals surface area contributed by atoms with Crippen molar-refractivity contribution in [3.8, 4) is 5.75 Å². The highest BCUT2D eigenvalue weighted by atomic mass is 16.5. The summed E-state index contributed by atoms with van der Waals surface area (Å²) in [5, 5.41) is 4.71. The molecule has 6 nitrogen and oxygen atoms in total. The van der Waals surface area contributed by atoms with Gasteiger partial charge in [-0.1, -0.05) is 11.6 Å². The summed E-state index contributed by atoms with van der Waals surface area (Å²) in [6.07, 6.45) is 0.688. The van der Waals surface area contributed by atoms with E-state index in [1.54, 1.807) is 18.2 Å². The molecule has 2 aromatic heterocycles. The molecule has 0 saturated heterocycles. The lowest BCUT2D eigenvalue weighted by Gasteiger charge is -2.09. The Bertz CT molecular complexity index is 1330. The summed E-state index contributed by atoms with van der Waals surface area (Å²) < 4.78 is 10.4. The number of ether oxygens (including phenoxy) is 1. The maximum Gasteiger partial charge on any atom is 0.337 e. The summed E-state index contributed by atoms with van der Waals surface area (Å²) in [6, 6.07) is 10.6. The molecule has 4 rings (SSSR count). The van der Waals surface area contributed by atoms with Gasteiger partial charge in [-0.25, -0.2) is 4.79 Å². The van der Waals surface area contributed by atoms with Crippen molar-refractivity contribution in [2.24, 2.45) is 0 Å². The SMILES string of the molecule is COc1ccc2c(C(=O)NCCc3c(C)[nH]c4c(C)cc(C)cc34)cc(=O)oc2c1. The van der Waals surface area contributed by atoms with Crippen LogP contribution in [0, 0.1) is 20.8 Å². The zero-order valence-electron chi connectivity index (χ0n) is 17.5. The highest BCUT2D eigenvalue weighted by molar-refractivity contribution is 6.05. The van der Waals surface area contributed by atoms with Gasteiger partial charge in [-0.3, -0.25) is 4.79 Å². The third kappa shape index (κ3) is 3.56. The van der Waals surface area contributed by atoms with E-state index in [1.807, 2.05) is 0 Å². The fourth-order valence-corrected chi connectivity index (χ4v) is 4.01. The van der Waals surface area contributed by atoms with Crippen LogP contribution in [0.2, 0.25) is 0 Å². The number of aromatic amines is 1. The number of methoxy groups -OCH3 is 1. The molecule has 0 atom stereocenters. The Morgan fingerprint density at radius 1 is 1.10 bits per heavy atom. The summed E-state index contributed by atoms with van der Waals surface area (Å²) in [4.78, 5) is 28.2. The quantitative estimate of drug-likeness (QED) is 0.489. The lowest BCUT2D eigenvalue weighted by atomic mass is 10.0. The van der Waals surface area contributed by atoms with Gasteiger partial charge in [-0.05, 0) is 56.5 Å². The first kappa shape index (κ1) is 19.8. The second-order valence-corrected chi connectivity index (χ2v) is 7.58. The molecule has 6 heteroatoms. The van der Waals surface area contributed by atoms with Crippen LogP contribution in [0.15, 0.2) is 45.6 Å². The molecule has 30 heavy (non-hydrogen) atoms. The minimum atomic E-state index is -0.570. The minimum absolute atomic E-state index is 0.297. The molecule has 0 fully saturated rings. The van der Waals surface area contributed by atoms with Crippen molar-refractivity contribution in [2.75, 3.05) is 13.7 Å². The third-order valence-corrected chi connectivity index (χ3v) is 5.43. The number of aryl methyl sites for hydroxylation is 3. The van der Waals surface area contributed by atoms with Crippen LogP contribution in [0.1, 0.15) is 32.7 Å². The van der Waals surface area contributed by atoms with Gasteiger partial charge in [0.15, 0.2) is 0 Å². The highest BCUT2D eigenvalue weighted by Crippen LogP contribution is 2.27. The molecule has 0 bridgehead atoms. The maximum atomic E-state index is 12.8. The number of fused-ring (bicyclic) bond motifs is 2. The number of amides is 1. The van der Waals surface area contributed by atoms with Crippen LogP contribution < -0.4 is 15.7 Å². The molecule has 0 radical (unpaired) electrons. The second-order valence-electron chi connectivity index (χ2n) is 7.58. The molecule has 2 heterocycles. The number of nitrogens with one attached hydrogen (secondary N) is 2. The van der Waals surface area contributed by atoms with Gasteiger partial charge in [-0.15, -0.1) is 0 Å². The van der Waals surface area contributed by atoms with Crippen LogP contribution in [0.4, 0.5) is 0 Å². The van der Waals surface area contributed by atoms with E-state index in [1.165, 1.54) is 35.3 Å². The van der Waals surface area contributed by atoms with E-state index >= 15 is 0 Å².